The van der Waals surface area contributed by atoms with Gasteiger partial charge in [-0.3, -0.25) is 5.32 Å². The second kappa shape index (κ2) is 8.12. The van der Waals surface area contributed by atoms with E-state index >= 15 is 0 Å². The number of benzene rings is 1. The third kappa shape index (κ3) is 5.58. The lowest BCUT2D eigenvalue weighted by Gasteiger charge is -2.08. The van der Waals surface area contributed by atoms with Gasteiger partial charge in [-0.1, -0.05) is 13.3 Å². The van der Waals surface area contributed by atoms with Crippen LogP contribution in [0, 0.1) is 13.8 Å². The van der Waals surface area contributed by atoms with Crippen molar-refractivity contribution in [3.05, 3.63) is 41.7 Å². The Bertz CT molecular complexity index is 636. The van der Waals surface area contributed by atoms with Crippen LogP contribution in [0.1, 0.15) is 31.2 Å². The van der Waals surface area contributed by atoms with Crippen molar-refractivity contribution < 1.29 is 14.3 Å². The normalized spacial score (nSPS) is 10.2. The van der Waals surface area contributed by atoms with Crippen molar-refractivity contribution in [2.75, 3.05) is 11.9 Å². The van der Waals surface area contributed by atoms with Gasteiger partial charge in [0.25, 0.3) is 0 Å². The highest BCUT2D eigenvalue weighted by atomic mass is 16.5. The third-order valence-corrected chi connectivity index (χ3v) is 3.00. The molecule has 0 saturated heterocycles. The first kappa shape index (κ1) is 16.7. The minimum Gasteiger partial charge on any atom is -0.449 e. The van der Waals surface area contributed by atoms with E-state index in [4.69, 9.17) is 9.47 Å². The van der Waals surface area contributed by atoms with E-state index in [1.807, 2.05) is 26.8 Å². The van der Waals surface area contributed by atoms with E-state index < -0.39 is 6.09 Å². The van der Waals surface area contributed by atoms with Crippen molar-refractivity contribution in [3.8, 4) is 11.8 Å². The molecule has 2 aromatic rings. The molecule has 0 aliphatic heterocycles. The molecule has 0 unspecified atom stereocenters. The molecule has 6 nitrogen and oxygen atoms in total. The molecule has 2 rings (SSSR count). The van der Waals surface area contributed by atoms with E-state index in [1.165, 1.54) is 0 Å². The molecular weight excluding hydrogens is 294 g/mol. The van der Waals surface area contributed by atoms with Crippen LogP contribution in [0.3, 0.4) is 0 Å². The van der Waals surface area contributed by atoms with Gasteiger partial charge < -0.3 is 9.47 Å². The highest BCUT2D eigenvalue weighted by Gasteiger charge is 2.05. The number of aryl methyl sites for hydroxylation is 2. The van der Waals surface area contributed by atoms with Crippen LogP contribution in [0.4, 0.5) is 10.5 Å². The van der Waals surface area contributed by atoms with Crippen LogP contribution in [0.5, 0.6) is 11.8 Å². The predicted molar refractivity (Wildman–Crippen MR) is 87.9 cm³/mol. The molecule has 0 aliphatic carbocycles. The average molecular weight is 315 g/mol. The van der Waals surface area contributed by atoms with Crippen LogP contribution in [0.25, 0.3) is 0 Å². The lowest BCUT2D eigenvalue weighted by atomic mass is 10.3. The van der Waals surface area contributed by atoms with Crippen LogP contribution in [0.2, 0.25) is 0 Å². The third-order valence-electron chi connectivity index (χ3n) is 3.00. The van der Waals surface area contributed by atoms with Gasteiger partial charge in [-0.25, -0.2) is 14.8 Å². The number of anilines is 1. The average Bonchev–Trinajstić information content (AvgIpc) is 2.48. The predicted octanol–water partition coefficient (Wildman–Crippen LogP) is 4.23. The van der Waals surface area contributed by atoms with Crippen LogP contribution in [-0.4, -0.2) is 22.7 Å². The lowest BCUT2D eigenvalue weighted by molar-refractivity contribution is 0.160. The minimum absolute atomic E-state index is 0.308. The number of nitrogens with one attached hydrogen (secondary N) is 1. The first-order chi connectivity index (χ1) is 11.1. The molecule has 0 bridgehead atoms. The highest BCUT2D eigenvalue weighted by molar-refractivity contribution is 5.84. The summed E-state index contributed by atoms with van der Waals surface area (Å²) < 4.78 is 10.7. The van der Waals surface area contributed by atoms with Crippen molar-refractivity contribution in [2.45, 2.75) is 33.6 Å². The number of hydrogen-bond donors (Lipinski definition) is 1. The van der Waals surface area contributed by atoms with Crippen LogP contribution in [0.15, 0.2) is 30.3 Å². The molecule has 0 radical (unpaired) electrons. The number of nitrogens with zero attached hydrogens (tertiary/aromatic N) is 2. The maximum absolute atomic E-state index is 11.6. The maximum atomic E-state index is 11.6. The fourth-order valence-electron chi connectivity index (χ4n) is 1.91. The molecule has 0 fully saturated rings. The summed E-state index contributed by atoms with van der Waals surface area (Å²) in [6, 6.07) is 9.13. The lowest BCUT2D eigenvalue weighted by Crippen LogP contribution is -2.14. The summed E-state index contributed by atoms with van der Waals surface area (Å²) in [5, 5.41) is 2.66. The van der Waals surface area contributed by atoms with Gasteiger partial charge in [-0.05, 0) is 50.6 Å². The zero-order valence-corrected chi connectivity index (χ0v) is 13.6. The second-order valence-electron chi connectivity index (χ2n) is 5.17. The van der Waals surface area contributed by atoms with E-state index in [0.717, 1.165) is 24.2 Å². The SMILES string of the molecule is CCCCOC(=O)Nc1ccc(Oc2nc(C)cc(C)n2)cc1. The molecule has 1 aromatic heterocycles. The maximum Gasteiger partial charge on any atom is 0.411 e. The fourth-order valence-corrected chi connectivity index (χ4v) is 1.91. The zero-order valence-electron chi connectivity index (χ0n) is 13.6. The van der Waals surface area contributed by atoms with Gasteiger partial charge in [-0.15, -0.1) is 0 Å². The molecule has 1 N–H and O–H groups in total. The summed E-state index contributed by atoms with van der Waals surface area (Å²) in [6.07, 6.45) is 1.39. The topological polar surface area (TPSA) is 73.3 Å². The first-order valence-electron chi connectivity index (χ1n) is 7.61. The Morgan fingerprint density at radius 3 is 2.39 bits per heavy atom. The Hall–Kier alpha value is -2.63. The number of aromatic nitrogens is 2. The summed E-state index contributed by atoms with van der Waals surface area (Å²) in [6.45, 7) is 6.24. The van der Waals surface area contributed by atoms with Crippen molar-refractivity contribution >= 4 is 11.8 Å². The van der Waals surface area contributed by atoms with Crippen molar-refractivity contribution in [1.82, 2.24) is 9.97 Å². The van der Waals surface area contributed by atoms with Gasteiger partial charge in [0, 0.05) is 17.1 Å². The van der Waals surface area contributed by atoms with Gasteiger partial charge >= 0.3 is 12.1 Å². The monoisotopic (exact) mass is 315 g/mol. The number of carbonyl (C=O) groups is 1. The van der Waals surface area contributed by atoms with Gasteiger partial charge in [0.2, 0.25) is 0 Å². The Balaban J connectivity index is 1.92. The van der Waals surface area contributed by atoms with E-state index in [-0.39, 0.29) is 0 Å². The van der Waals surface area contributed by atoms with Crippen molar-refractivity contribution in [3.63, 3.8) is 0 Å². The molecule has 1 aromatic carbocycles. The summed E-state index contributed by atoms with van der Waals surface area (Å²) in [7, 11) is 0. The fraction of sp³-hybridized carbons (Fsp3) is 0.353. The van der Waals surface area contributed by atoms with E-state index in [0.29, 0.717) is 24.1 Å². The van der Waals surface area contributed by atoms with Gasteiger partial charge in [0.05, 0.1) is 6.61 Å². The Labute approximate surface area is 135 Å². The number of unbranched alkanes of at least 4 members (excludes halogenated alkanes) is 1. The first-order valence-corrected chi connectivity index (χ1v) is 7.61. The van der Waals surface area contributed by atoms with Gasteiger partial charge in [0.1, 0.15) is 5.75 Å². The number of rotatable bonds is 6. The molecule has 0 saturated carbocycles. The Kier molecular flexibility index (Phi) is 5.91. The Morgan fingerprint density at radius 2 is 1.78 bits per heavy atom. The molecule has 6 heteroatoms. The van der Waals surface area contributed by atoms with Crippen LogP contribution < -0.4 is 10.1 Å². The number of amides is 1. The summed E-state index contributed by atoms with van der Waals surface area (Å²) >= 11 is 0. The van der Waals surface area contributed by atoms with Gasteiger partial charge in [-0.2, -0.15) is 0 Å². The number of carbonyl (C=O) groups excluding carboxylic acids is 1. The van der Waals surface area contributed by atoms with E-state index in [1.54, 1.807) is 24.3 Å². The molecule has 0 spiro atoms. The molecular formula is C17H21N3O3. The van der Waals surface area contributed by atoms with Crippen LogP contribution >= 0.6 is 0 Å². The molecule has 0 aliphatic rings. The minimum atomic E-state index is -0.454. The summed E-state index contributed by atoms with van der Waals surface area (Å²) in [4.78, 5) is 20.0. The van der Waals surface area contributed by atoms with Crippen molar-refractivity contribution in [1.29, 1.82) is 0 Å². The molecule has 122 valence electrons. The molecule has 1 amide bonds. The Morgan fingerprint density at radius 1 is 1.13 bits per heavy atom. The molecule has 0 atom stereocenters. The number of ether oxygens (including phenoxy) is 2. The molecule has 1 heterocycles. The summed E-state index contributed by atoms with van der Waals surface area (Å²) in [5.74, 6) is 0.597. The zero-order chi connectivity index (χ0) is 16.7. The van der Waals surface area contributed by atoms with E-state index in [2.05, 4.69) is 15.3 Å². The quantitative estimate of drug-likeness (QED) is 0.807. The van der Waals surface area contributed by atoms with Crippen LogP contribution in [-0.2, 0) is 4.74 Å². The smallest absolute Gasteiger partial charge is 0.411 e. The highest BCUT2D eigenvalue weighted by Crippen LogP contribution is 2.21. The van der Waals surface area contributed by atoms with Crippen molar-refractivity contribution in [2.24, 2.45) is 0 Å². The standard InChI is InChI=1S/C17H21N3O3/c1-4-5-10-22-17(21)20-14-6-8-15(9-7-14)23-16-18-12(2)11-13(3)19-16/h6-9,11H,4-5,10H2,1-3H3,(H,20,21). The largest absolute Gasteiger partial charge is 0.449 e. The second-order valence-corrected chi connectivity index (χ2v) is 5.17. The van der Waals surface area contributed by atoms with Gasteiger partial charge in [0.15, 0.2) is 0 Å². The van der Waals surface area contributed by atoms with E-state index in [9.17, 15) is 4.79 Å². The number of hydrogen-bond acceptors (Lipinski definition) is 5. The molecule has 23 heavy (non-hydrogen) atoms. The summed E-state index contributed by atoms with van der Waals surface area (Å²) in [5.41, 5.74) is 2.33.